The number of amides is 1. The van der Waals surface area contributed by atoms with E-state index in [0.717, 1.165) is 19.3 Å². The van der Waals surface area contributed by atoms with Gasteiger partial charge in [0.05, 0.1) is 12.2 Å². The fourth-order valence-electron chi connectivity index (χ4n) is 1.94. The van der Waals surface area contributed by atoms with Gasteiger partial charge in [0.25, 0.3) is 5.91 Å². The first-order valence-corrected chi connectivity index (χ1v) is 8.14. The Morgan fingerprint density at radius 2 is 2.23 bits per heavy atom. The molecular formula is C17H18N2O2S. The first kappa shape index (κ1) is 16.1. The first-order valence-electron chi connectivity index (χ1n) is 7.26. The van der Waals surface area contributed by atoms with Gasteiger partial charge in [-0.3, -0.25) is 4.79 Å². The van der Waals surface area contributed by atoms with Crippen LogP contribution in [0, 0.1) is 11.3 Å². The van der Waals surface area contributed by atoms with Crippen molar-refractivity contribution in [3.05, 3.63) is 46.8 Å². The monoisotopic (exact) mass is 314 g/mol. The van der Waals surface area contributed by atoms with Crippen LogP contribution < -0.4 is 10.1 Å². The second-order valence-electron chi connectivity index (χ2n) is 4.81. The van der Waals surface area contributed by atoms with Crippen LogP contribution in [0.15, 0.2) is 35.7 Å². The van der Waals surface area contributed by atoms with Crippen molar-refractivity contribution >= 4 is 22.2 Å². The van der Waals surface area contributed by atoms with Crippen LogP contribution >= 0.6 is 11.3 Å². The Bertz CT molecular complexity index is 673. The zero-order valence-electron chi connectivity index (χ0n) is 12.5. The normalized spacial score (nSPS) is 10.0. The SMILES string of the molecule is CCCCCOc1cccc(C(=O)Nc2sccc2C#N)c1. The summed E-state index contributed by atoms with van der Waals surface area (Å²) in [7, 11) is 0. The fraction of sp³-hybridized carbons (Fsp3) is 0.294. The van der Waals surface area contributed by atoms with E-state index in [1.807, 2.05) is 6.07 Å². The third-order valence-electron chi connectivity index (χ3n) is 3.13. The van der Waals surface area contributed by atoms with Crippen LogP contribution in [-0.4, -0.2) is 12.5 Å². The van der Waals surface area contributed by atoms with Crippen molar-refractivity contribution in [3.8, 4) is 11.8 Å². The fourth-order valence-corrected chi connectivity index (χ4v) is 2.67. The molecule has 0 saturated carbocycles. The third kappa shape index (κ3) is 4.34. The quantitative estimate of drug-likeness (QED) is 0.768. The second-order valence-corrected chi connectivity index (χ2v) is 5.73. The molecule has 1 heterocycles. The molecule has 0 aliphatic rings. The molecule has 0 unspecified atom stereocenters. The van der Waals surface area contributed by atoms with Crippen molar-refractivity contribution in [2.45, 2.75) is 26.2 Å². The highest BCUT2D eigenvalue weighted by Crippen LogP contribution is 2.23. The van der Waals surface area contributed by atoms with Crippen LogP contribution in [0.1, 0.15) is 42.1 Å². The summed E-state index contributed by atoms with van der Waals surface area (Å²) in [6, 6.07) is 10.8. The number of nitrogens with zero attached hydrogens (tertiary/aromatic N) is 1. The number of ether oxygens (including phenoxy) is 1. The average molecular weight is 314 g/mol. The van der Waals surface area contributed by atoms with Crippen LogP contribution in [-0.2, 0) is 0 Å². The molecule has 0 radical (unpaired) electrons. The van der Waals surface area contributed by atoms with Gasteiger partial charge in [0.1, 0.15) is 16.8 Å². The van der Waals surface area contributed by atoms with E-state index in [9.17, 15) is 4.79 Å². The number of carbonyl (C=O) groups excluding carboxylic acids is 1. The summed E-state index contributed by atoms with van der Waals surface area (Å²) in [6.07, 6.45) is 3.29. The van der Waals surface area contributed by atoms with E-state index in [4.69, 9.17) is 10.00 Å². The number of thiophene rings is 1. The van der Waals surface area contributed by atoms with Crippen molar-refractivity contribution in [1.29, 1.82) is 5.26 Å². The van der Waals surface area contributed by atoms with Gasteiger partial charge in [0.15, 0.2) is 0 Å². The molecule has 1 aromatic heterocycles. The number of rotatable bonds is 7. The van der Waals surface area contributed by atoms with E-state index in [1.54, 1.807) is 29.6 Å². The van der Waals surface area contributed by atoms with Crippen molar-refractivity contribution in [2.24, 2.45) is 0 Å². The number of nitrogens with one attached hydrogen (secondary N) is 1. The lowest BCUT2D eigenvalue weighted by molar-refractivity contribution is 0.102. The summed E-state index contributed by atoms with van der Waals surface area (Å²) in [4.78, 5) is 12.2. The van der Waals surface area contributed by atoms with Gasteiger partial charge < -0.3 is 10.1 Å². The van der Waals surface area contributed by atoms with Crippen LogP contribution in [0.4, 0.5) is 5.00 Å². The predicted molar refractivity (Wildman–Crippen MR) is 88.4 cm³/mol. The van der Waals surface area contributed by atoms with Crippen molar-refractivity contribution in [3.63, 3.8) is 0 Å². The minimum atomic E-state index is -0.238. The molecule has 1 aromatic carbocycles. The smallest absolute Gasteiger partial charge is 0.256 e. The van der Waals surface area contributed by atoms with E-state index in [0.29, 0.717) is 28.5 Å². The topological polar surface area (TPSA) is 62.1 Å². The molecule has 2 aromatic rings. The number of nitriles is 1. The highest BCUT2D eigenvalue weighted by molar-refractivity contribution is 7.14. The summed E-state index contributed by atoms with van der Waals surface area (Å²) >= 11 is 1.33. The molecule has 0 spiro atoms. The summed E-state index contributed by atoms with van der Waals surface area (Å²) in [6.45, 7) is 2.80. The van der Waals surface area contributed by atoms with E-state index in [1.165, 1.54) is 11.3 Å². The number of carbonyl (C=O) groups is 1. The van der Waals surface area contributed by atoms with Gasteiger partial charge in [0.2, 0.25) is 0 Å². The van der Waals surface area contributed by atoms with Crippen molar-refractivity contribution in [2.75, 3.05) is 11.9 Å². The highest BCUT2D eigenvalue weighted by Gasteiger charge is 2.11. The number of anilines is 1. The van der Waals surface area contributed by atoms with Gasteiger partial charge in [-0.25, -0.2) is 0 Å². The largest absolute Gasteiger partial charge is 0.494 e. The molecule has 0 aliphatic carbocycles. The first-order chi connectivity index (χ1) is 10.7. The minimum absolute atomic E-state index is 0.238. The van der Waals surface area contributed by atoms with E-state index < -0.39 is 0 Å². The molecule has 0 saturated heterocycles. The van der Waals surface area contributed by atoms with Crippen molar-refractivity contribution < 1.29 is 9.53 Å². The summed E-state index contributed by atoms with van der Waals surface area (Å²) in [5.41, 5.74) is 0.996. The lowest BCUT2D eigenvalue weighted by Crippen LogP contribution is -2.11. The van der Waals surface area contributed by atoms with Gasteiger partial charge in [-0.05, 0) is 36.1 Å². The van der Waals surface area contributed by atoms with E-state index >= 15 is 0 Å². The number of hydrogen-bond donors (Lipinski definition) is 1. The molecule has 1 amide bonds. The molecule has 4 nitrogen and oxygen atoms in total. The molecule has 0 aliphatic heterocycles. The van der Waals surface area contributed by atoms with Gasteiger partial charge in [-0.1, -0.05) is 25.8 Å². The molecule has 0 fully saturated rings. The molecule has 2 rings (SSSR count). The van der Waals surface area contributed by atoms with Gasteiger partial charge in [-0.15, -0.1) is 11.3 Å². The van der Waals surface area contributed by atoms with Crippen LogP contribution in [0.3, 0.4) is 0 Å². The standard InChI is InChI=1S/C17H18N2O2S/c1-2-3-4-9-21-15-7-5-6-13(11-15)16(20)19-17-14(12-18)8-10-22-17/h5-8,10-11H,2-4,9H2,1H3,(H,19,20). The number of benzene rings is 1. The summed E-state index contributed by atoms with van der Waals surface area (Å²) in [5.74, 6) is 0.452. The Morgan fingerprint density at radius 1 is 1.36 bits per heavy atom. The van der Waals surface area contributed by atoms with Gasteiger partial charge in [-0.2, -0.15) is 5.26 Å². The number of hydrogen-bond acceptors (Lipinski definition) is 4. The average Bonchev–Trinajstić information content (AvgIpc) is 2.99. The lowest BCUT2D eigenvalue weighted by Gasteiger charge is -2.08. The molecule has 1 N–H and O–H groups in total. The summed E-state index contributed by atoms with van der Waals surface area (Å²) < 4.78 is 5.65. The van der Waals surface area contributed by atoms with E-state index in [-0.39, 0.29) is 5.91 Å². The maximum Gasteiger partial charge on any atom is 0.256 e. The van der Waals surface area contributed by atoms with Crippen LogP contribution in [0.25, 0.3) is 0 Å². The van der Waals surface area contributed by atoms with Gasteiger partial charge >= 0.3 is 0 Å². The van der Waals surface area contributed by atoms with Gasteiger partial charge in [0, 0.05) is 5.56 Å². The van der Waals surface area contributed by atoms with Crippen molar-refractivity contribution in [1.82, 2.24) is 0 Å². The second kappa shape index (κ2) is 8.20. The highest BCUT2D eigenvalue weighted by atomic mass is 32.1. The molecule has 0 bridgehead atoms. The van der Waals surface area contributed by atoms with E-state index in [2.05, 4.69) is 18.3 Å². The molecule has 22 heavy (non-hydrogen) atoms. The molecule has 0 atom stereocenters. The third-order valence-corrected chi connectivity index (χ3v) is 3.96. The zero-order valence-corrected chi connectivity index (χ0v) is 13.3. The Labute approximate surface area is 134 Å². The maximum atomic E-state index is 12.2. The Hall–Kier alpha value is -2.32. The predicted octanol–water partition coefficient (Wildman–Crippen LogP) is 4.44. The molecule has 114 valence electrons. The number of unbranched alkanes of at least 4 members (excludes halogenated alkanes) is 2. The lowest BCUT2D eigenvalue weighted by atomic mass is 10.2. The maximum absolute atomic E-state index is 12.2. The summed E-state index contributed by atoms with van der Waals surface area (Å²) in [5, 5.41) is 14.1. The zero-order chi connectivity index (χ0) is 15.8. The Balaban J connectivity index is 1.99. The Morgan fingerprint density at radius 3 is 3.00 bits per heavy atom. The van der Waals surface area contributed by atoms with Crippen LogP contribution in [0.5, 0.6) is 5.75 Å². The Kier molecular flexibility index (Phi) is 5.99. The molecule has 5 heteroatoms. The van der Waals surface area contributed by atoms with Crippen LogP contribution in [0.2, 0.25) is 0 Å². The molecular weight excluding hydrogens is 296 g/mol. The minimum Gasteiger partial charge on any atom is -0.494 e.